The van der Waals surface area contributed by atoms with Gasteiger partial charge in [-0.2, -0.15) is 0 Å². The van der Waals surface area contributed by atoms with Crippen molar-refractivity contribution in [1.82, 2.24) is 10.2 Å². The molecule has 0 atom stereocenters. The van der Waals surface area contributed by atoms with Gasteiger partial charge in [0, 0.05) is 11.6 Å². The molecule has 0 saturated heterocycles. The van der Waals surface area contributed by atoms with Crippen molar-refractivity contribution in [2.75, 3.05) is 11.1 Å². The average Bonchev–Trinajstić information content (AvgIpc) is 2.05. The second kappa shape index (κ2) is 3.72. The maximum absolute atomic E-state index is 10.8. The minimum atomic E-state index is -1.11. The molecule has 0 aliphatic heterocycles. The topological polar surface area (TPSA) is 101 Å². The van der Waals surface area contributed by atoms with E-state index in [1.807, 2.05) is 20.8 Å². The number of rotatable bonds is 2. The molecule has 0 fully saturated rings. The van der Waals surface area contributed by atoms with E-state index in [4.69, 9.17) is 10.8 Å². The monoisotopic (exact) mass is 210 g/mol. The summed E-state index contributed by atoms with van der Waals surface area (Å²) in [5.41, 5.74) is 5.12. The van der Waals surface area contributed by atoms with E-state index in [1.165, 1.54) is 6.07 Å². The highest BCUT2D eigenvalue weighted by atomic mass is 16.4. The third-order valence-corrected chi connectivity index (χ3v) is 1.56. The Hall–Kier alpha value is -1.85. The maximum atomic E-state index is 10.8. The van der Waals surface area contributed by atoms with Crippen molar-refractivity contribution in [3.63, 3.8) is 0 Å². The lowest BCUT2D eigenvalue weighted by Crippen LogP contribution is -2.27. The van der Waals surface area contributed by atoms with Crippen LogP contribution >= 0.6 is 0 Å². The Labute approximate surface area is 87.5 Å². The number of carboxylic acid groups (broad SMARTS) is 1. The predicted octanol–water partition coefficient (Wildman–Crippen LogP) is 0.967. The molecule has 1 heterocycles. The Morgan fingerprint density at radius 1 is 1.47 bits per heavy atom. The van der Waals surface area contributed by atoms with Crippen LogP contribution in [0.15, 0.2) is 6.07 Å². The van der Waals surface area contributed by atoms with E-state index < -0.39 is 5.97 Å². The van der Waals surface area contributed by atoms with Crippen LogP contribution in [0.5, 0.6) is 0 Å². The summed E-state index contributed by atoms with van der Waals surface area (Å²) >= 11 is 0. The van der Waals surface area contributed by atoms with E-state index in [9.17, 15) is 4.79 Å². The number of nitrogens with two attached hydrogens (primary N) is 1. The number of nitrogens with one attached hydrogen (secondary N) is 1. The molecular weight excluding hydrogens is 196 g/mol. The van der Waals surface area contributed by atoms with E-state index in [-0.39, 0.29) is 16.9 Å². The van der Waals surface area contributed by atoms with E-state index in [1.54, 1.807) is 0 Å². The highest BCUT2D eigenvalue weighted by Gasteiger charge is 2.15. The summed E-state index contributed by atoms with van der Waals surface area (Å²) in [4.78, 5) is 10.8. The molecule has 6 nitrogen and oxygen atoms in total. The number of carbonyl (C=O) groups is 1. The molecule has 0 aliphatic rings. The molecule has 4 N–H and O–H groups in total. The summed E-state index contributed by atoms with van der Waals surface area (Å²) in [6.07, 6.45) is 0. The molecule has 0 aromatic carbocycles. The molecule has 82 valence electrons. The van der Waals surface area contributed by atoms with Crippen molar-refractivity contribution in [2.45, 2.75) is 26.3 Å². The minimum absolute atomic E-state index is 0.0447. The molecule has 1 rings (SSSR count). The number of hydrogen-bond donors (Lipinski definition) is 3. The lowest BCUT2D eigenvalue weighted by atomic mass is 10.1. The summed E-state index contributed by atoms with van der Waals surface area (Å²) in [7, 11) is 0. The molecular formula is C9H14N4O2. The Bertz CT molecular complexity index is 384. The number of anilines is 2. The molecule has 0 saturated carbocycles. The third-order valence-electron chi connectivity index (χ3n) is 1.56. The molecule has 0 unspecified atom stereocenters. The largest absolute Gasteiger partial charge is 0.478 e. The third kappa shape index (κ3) is 3.08. The van der Waals surface area contributed by atoms with Crippen LogP contribution in [0.4, 0.5) is 11.6 Å². The molecule has 6 heteroatoms. The predicted molar refractivity (Wildman–Crippen MR) is 56.8 cm³/mol. The molecule has 0 spiro atoms. The Morgan fingerprint density at radius 2 is 2.07 bits per heavy atom. The van der Waals surface area contributed by atoms with Crippen LogP contribution in [-0.2, 0) is 0 Å². The fourth-order valence-electron chi connectivity index (χ4n) is 1.02. The summed E-state index contributed by atoms with van der Waals surface area (Å²) in [5.74, 6) is -0.796. The van der Waals surface area contributed by atoms with Crippen molar-refractivity contribution in [2.24, 2.45) is 0 Å². The minimum Gasteiger partial charge on any atom is -0.478 e. The highest BCUT2D eigenvalue weighted by Crippen LogP contribution is 2.15. The van der Waals surface area contributed by atoms with Crippen LogP contribution in [0, 0.1) is 0 Å². The second-order valence-electron chi connectivity index (χ2n) is 4.21. The zero-order chi connectivity index (χ0) is 11.6. The SMILES string of the molecule is CC(C)(C)Nc1cc(C(=O)O)c(N)nn1. The van der Waals surface area contributed by atoms with Crippen LogP contribution in [0.1, 0.15) is 31.1 Å². The van der Waals surface area contributed by atoms with Crippen LogP contribution in [-0.4, -0.2) is 26.8 Å². The first-order chi connectivity index (χ1) is 6.79. The number of aromatic carboxylic acids is 1. The van der Waals surface area contributed by atoms with Crippen molar-refractivity contribution in [3.8, 4) is 0 Å². The van der Waals surface area contributed by atoms with Gasteiger partial charge >= 0.3 is 5.97 Å². The van der Waals surface area contributed by atoms with E-state index >= 15 is 0 Å². The van der Waals surface area contributed by atoms with Gasteiger partial charge in [-0.05, 0) is 20.8 Å². The molecule has 0 aliphatic carbocycles. The Balaban J connectivity index is 3.03. The van der Waals surface area contributed by atoms with Gasteiger partial charge in [-0.3, -0.25) is 0 Å². The van der Waals surface area contributed by atoms with Gasteiger partial charge in [-0.25, -0.2) is 4.79 Å². The molecule has 1 aromatic rings. The van der Waals surface area contributed by atoms with Crippen molar-refractivity contribution in [3.05, 3.63) is 11.6 Å². The van der Waals surface area contributed by atoms with Crippen molar-refractivity contribution in [1.29, 1.82) is 0 Å². The number of nitrogen functional groups attached to an aromatic ring is 1. The lowest BCUT2D eigenvalue weighted by Gasteiger charge is -2.20. The standard InChI is InChI=1S/C9H14N4O2/c1-9(2,3)11-6-4-5(8(14)15)7(10)13-12-6/h4H,1-3H3,(H2,10,13)(H,11,12)(H,14,15). The second-order valence-corrected chi connectivity index (χ2v) is 4.21. The normalized spacial score (nSPS) is 11.1. The van der Waals surface area contributed by atoms with Gasteiger partial charge < -0.3 is 16.2 Å². The highest BCUT2D eigenvalue weighted by molar-refractivity contribution is 5.93. The van der Waals surface area contributed by atoms with Gasteiger partial charge in [0.1, 0.15) is 11.4 Å². The quantitative estimate of drug-likeness (QED) is 0.672. The zero-order valence-electron chi connectivity index (χ0n) is 8.90. The number of aromatic nitrogens is 2. The smallest absolute Gasteiger partial charge is 0.339 e. The molecule has 0 radical (unpaired) electrons. The zero-order valence-corrected chi connectivity index (χ0v) is 8.90. The number of hydrogen-bond acceptors (Lipinski definition) is 5. The number of nitrogens with zero attached hydrogens (tertiary/aromatic N) is 2. The van der Waals surface area contributed by atoms with Gasteiger partial charge in [0.2, 0.25) is 0 Å². The van der Waals surface area contributed by atoms with Crippen LogP contribution in [0.25, 0.3) is 0 Å². The van der Waals surface area contributed by atoms with Gasteiger partial charge in [0.15, 0.2) is 5.82 Å². The van der Waals surface area contributed by atoms with Gasteiger partial charge in [-0.15, -0.1) is 10.2 Å². The first-order valence-corrected chi connectivity index (χ1v) is 4.44. The van der Waals surface area contributed by atoms with Gasteiger partial charge in [-0.1, -0.05) is 0 Å². The van der Waals surface area contributed by atoms with Crippen molar-refractivity contribution < 1.29 is 9.90 Å². The average molecular weight is 210 g/mol. The lowest BCUT2D eigenvalue weighted by molar-refractivity contribution is 0.0697. The molecule has 0 bridgehead atoms. The fourth-order valence-corrected chi connectivity index (χ4v) is 1.02. The first kappa shape index (κ1) is 11.2. The first-order valence-electron chi connectivity index (χ1n) is 4.44. The summed E-state index contributed by atoms with van der Waals surface area (Å²) in [6, 6.07) is 1.37. The van der Waals surface area contributed by atoms with Crippen LogP contribution in [0.3, 0.4) is 0 Å². The fraction of sp³-hybridized carbons (Fsp3) is 0.444. The van der Waals surface area contributed by atoms with E-state index in [0.29, 0.717) is 5.82 Å². The molecule has 0 amide bonds. The number of carboxylic acids is 1. The molecule has 15 heavy (non-hydrogen) atoms. The Kier molecular flexibility index (Phi) is 2.78. The van der Waals surface area contributed by atoms with Crippen molar-refractivity contribution >= 4 is 17.6 Å². The van der Waals surface area contributed by atoms with E-state index in [2.05, 4.69) is 15.5 Å². The Morgan fingerprint density at radius 3 is 2.53 bits per heavy atom. The van der Waals surface area contributed by atoms with Gasteiger partial charge in [0.05, 0.1) is 0 Å². The maximum Gasteiger partial charge on any atom is 0.339 e. The summed E-state index contributed by atoms with van der Waals surface area (Å²) < 4.78 is 0. The summed E-state index contributed by atoms with van der Waals surface area (Å²) in [5, 5.41) is 19.2. The summed E-state index contributed by atoms with van der Waals surface area (Å²) in [6.45, 7) is 5.81. The van der Waals surface area contributed by atoms with Crippen LogP contribution in [0.2, 0.25) is 0 Å². The van der Waals surface area contributed by atoms with E-state index in [0.717, 1.165) is 0 Å². The van der Waals surface area contributed by atoms with Crippen LogP contribution < -0.4 is 11.1 Å². The van der Waals surface area contributed by atoms with Gasteiger partial charge in [0.25, 0.3) is 0 Å². The molecule has 1 aromatic heterocycles.